The summed E-state index contributed by atoms with van der Waals surface area (Å²) < 4.78 is 8.69. The van der Waals surface area contributed by atoms with Gasteiger partial charge in [-0.1, -0.05) is 71.9 Å². The van der Waals surface area contributed by atoms with Crippen molar-refractivity contribution in [3.8, 4) is 22.6 Å². The van der Waals surface area contributed by atoms with Crippen molar-refractivity contribution < 1.29 is 4.42 Å². The van der Waals surface area contributed by atoms with Crippen molar-refractivity contribution in [3.05, 3.63) is 90.0 Å². The molecule has 6 aromatic rings. The fraction of sp³-hybridized carbons (Fsp3) is 0.242. The molecule has 36 heavy (non-hydrogen) atoms. The molecule has 0 bridgehead atoms. The molecule has 0 amide bonds. The van der Waals surface area contributed by atoms with Crippen molar-refractivity contribution in [2.24, 2.45) is 0 Å². The third kappa shape index (κ3) is 3.92. The Bertz CT molecular complexity index is 1700. The van der Waals surface area contributed by atoms with Crippen molar-refractivity contribution in [2.45, 2.75) is 52.4 Å². The fourth-order valence-corrected chi connectivity index (χ4v) is 5.98. The first-order valence-electron chi connectivity index (χ1n) is 12.6. The molecule has 2 heterocycles. The van der Waals surface area contributed by atoms with Crippen molar-refractivity contribution in [1.29, 1.82) is 0 Å². The first-order valence-corrected chi connectivity index (χ1v) is 13.4. The summed E-state index contributed by atoms with van der Waals surface area (Å²) in [6, 6.07) is 28.4. The Morgan fingerprint density at radius 1 is 0.667 bits per heavy atom. The van der Waals surface area contributed by atoms with E-state index in [0.29, 0.717) is 5.89 Å². The summed E-state index contributed by atoms with van der Waals surface area (Å²) in [7, 11) is 0. The summed E-state index contributed by atoms with van der Waals surface area (Å²) in [5, 5.41) is 2.71. The van der Waals surface area contributed by atoms with Crippen molar-refractivity contribution >= 4 is 42.6 Å². The van der Waals surface area contributed by atoms with Gasteiger partial charge in [-0.05, 0) is 81.6 Å². The molecule has 0 aliphatic carbocycles. The minimum absolute atomic E-state index is 0.0526. The molecule has 0 spiro atoms. The predicted octanol–water partition coefficient (Wildman–Crippen LogP) is 10.1. The van der Waals surface area contributed by atoms with Crippen LogP contribution in [0.2, 0.25) is 0 Å². The van der Waals surface area contributed by atoms with Crippen molar-refractivity contribution in [2.75, 3.05) is 0 Å². The molecule has 2 nitrogen and oxygen atoms in total. The molecule has 2 aromatic heterocycles. The number of nitrogens with zero attached hydrogens (tertiary/aromatic N) is 1. The van der Waals surface area contributed by atoms with E-state index in [9.17, 15) is 0 Å². The molecule has 4 aromatic carbocycles. The zero-order valence-corrected chi connectivity index (χ0v) is 22.6. The number of hydrogen-bond acceptors (Lipinski definition) is 3. The second-order valence-electron chi connectivity index (χ2n) is 11.8. The third-order valence-corrected chi connectivity index (χ3v) is 8.26. The molecular formula is C33H31NOS. The second kappa shape index (κ2) is 8.04. The van der Waals surface area contributed by atoms with Gasteiger partial charge in [0.2, 0.25) is 5.89 Å². The lowest BCUT2D eigenvalue weighted by Crippen LogP contribution is -2.11. The van der Waals surface area contributed by atoms with Crippen LogP contribution in [0.3, 0.4) is 0 Å². The van der Waals surface area contributed by atoms with Crippen LogP contribution in [0.4, 0.5) is 0 Å². The average Bonchev–Trinajstić information content (AvgIpc) is 3.43. The molecule has 0 saturated carbocycles. The van der Waals surface area contributed by atoms with E-state index in [4.69, 9.17) is 4.42 Å². The second-order valence-corrected chi connectivity index (χ2v) is 12.8. The minimum atomic E-state index is 0.0526. The van der Waals surface area contributed by atoms with E-state index in [-0.39, 0.29) is 10.8 Å². The Morgan fingerprint density at radius 3 is 2.03 bits per heavy atom. The van der Waals surface area contributed by atoms with E-state index in [1.807, 2.05) is 35.6 Å². The van der Waals surface area contributed by atoms with E-state index < -0.39 is 0 Å². The Balaban J connectivity index is 1.53. The van der Waals surface area contributed by atoms with Gasteiger partial charge in [0.15, 0.2) is 5.58 Å². The van der Waals surface area contributed by atoms with Crippen LogP contribution in [0.15, 0.2) is 83.3 Å². The van der Waals surface area contributed by atoms with Crippen molar-refractivity contribution in [1.82, 2.24) is 4.98 Å². The lowest BCUT2D eigenvalue weighted by Gasteiger charge is -2.21. The van der Waals surface area contributed by atoms with Gasteiger partial charge in [-0.15, -0.1) is 11.3 Å². The summed E-state index contributed by atoms with van der Waals surface area (Å²) in [6.45, 7) is 13.7. The largest absolute Gasteiger partial charge is 0.436 e. The van der Waals surface area contributed by atoms with Crippen LogP contribution >= 0.6 is 11.3 Å². The first-order chi connectivity index (χ1) is 17.1. The summed E-state index contributed by atoms with van der Waals surface area (Å²) in [6.07, 6.45) is 0. The molecule has 0 atom stereocenters. The van der Waals surface area contributed by atoms with Gasteiger partial charge in [-0.3, -0.25) is 0 Å². The Kier molecular flexibility index (Phi) is 5.14. The SMILES string of the molecule is CC(C)(C)c1ccc2sc3c(-c4ccc(-c5nc6ccccc6o5)cc4)cc(C(C)(C)C)cc3c2c1. The van der Waals surface area contributed by atoms with Crippen LogP contribution in [-0.2, 0) is 10.8 Å². The first kappa shape index (κ1) is 23.0. The van der Waals surface area contributed by atoms with Crippen LogP contribution in [0.25, 0.3) is 53.9 Å². The van der Waals surface area contributed by atoms with Gasteiger partial charge < -0.3 is 4.42 Å². The third-order valence-electron chi connectivity index (χ3n) is 7.04. The van der Waals surface area contributed by atoms with Crippen LogP contribution in [-0.4, -0.2) is 4.98 Å². The lowest BCUT2D eigenvalue weighted by atomic mass is 9.83. The number of aromatic nitrogens is 1. The lowest BCUT2D eigenvalue weighted by molar-refractivity contribution is 0.590. The molecular weight excluding hydrogens is 458 g/mol. The summed E-state index contributed by atoms with van der Waals surface area (Å²) >= 11 is 1.89. The molecule has 0 radical (unpaired) electrons. The zero-order chi connectivity index (χ0) is 25.2. The van der Waals surface area contributed by atoms with Gasteiger partial charge in [-0.25, -0.2) is 4.98 Å². The summed E-state index contributed by atoms with van der Waals surface area (Å²) in [4.78, 5) is 4.67. The van der Waals surface area contributed by atoms with E-state index >= 15 is 0 Å². The van der Waals surface area contributed by atoms with Gasteiger partial charge in [0, 0.05) is 25.7 Å². The maximum absolute atomic E-state index is 6.00. The van der Waals surface area contributed by atoms with Crippen LogP contribution < -0.4 is 0 Å². The number of para-hydroxylation sites is 2. The minimum Gasteiger partial charge on any atom is -0.436 e. The highest BCUT2D eigenvalue weighted by Gasteiger charge is 2.21. The van der Waals surface area contributed by atoms with Gasteiger partial charge in [-0.2, -0.15) is 0 Å². The van der Waals surface area contributed by atoms with E-state index in [1.165, 1.54) is 42.4 Å². The smallest absolute Gasteiger partial charge is 0.227 e. The van der Waals surface area contributed by atoms with Gasteiger partial charge in [0.25, 0.3) is 0 Å². The van der Waals surface area contributed by atoms with Gasteiger partial charge in [0.05, 0.1) is 0 Å². The highest BCUT2D eigenvalue weighted by Crippen LogP contribution is 2.44. The number of oxazole rings is 1. The van der Waals surface area contributed by atoms with Gasteiger partial charge >= 0.3 is 0 Å². The molecule has 0 unspecified atom stereocenters. The van der Waals surface area contributed by atoms with Gasteiger partial charge in [0.1, 0.15) is 5.52 Å². The maximum atomic E-state index is 6.00. The predicted molar refractivity (Wildman–Crippen MR) is 155 cm³/mol. The monoisotopic (exact) mass is 489 g/mol. The fourth-order valence-electron chi connectivity index (χ4n) is 4.78. The Hall–Kier alpha value is -3.43. The molecule has 180 valence electrons. The summed E-state index contributed by atoms with van der Waals surface area (Å²) in [5.41, 5.74) is 8.10. The highest BCUT2D eigenvalue weighted by atomic mass is 32.1. The standard InChI is InChI=1S/C33H31NOS/c1-32(2,3)22-15-16-29-25(17-22)26-19-23(33(4,5)6)18-24(30(26)36-29)20-11-13-21(14-12-20)31-34-27-9-7-8-10-28(27)35-31/h7-19H,1-6H3. The maximum Gasteiger partial charge on any atom is 0.227 e. The topological polar surface area (TPSA) is 26.0 Å². The molecule has 0 aliphatic heterocycles. The zero-order valence-electron chi connectivity index (χ0n) is 21.8. The molecule has 0 N–H and O–H groups in total. The van der Waals surface area contributed by atoms with E-state index in [2.05, 4.69) is 101 Å². The Morgan fingerprint density at radius 2 is 1.33 bits per heavy atom. The van der Waals surface area contributed by atoms with Crippen LogP contribution in [0.1, 0.15) is 52.7 Å². The summed E-state index contributed by atoms with van der Waals surface area (Å²) in [5.74, 6) is 0.660. The molecule has 3 heteroatoms. The Labute approximate surface area is 216 Å². The number of hydrogen-bond donors (Lipinski definition) is 0. The van der Waals surface area contributed by atoms with Crippen molar-refractivity contribution in [3.63, 3.8) is 0 Å². The number of thiophene rings is 1. The molecule has 0 saturated heterocycles. The molecule has 0 fully saturated rings. The van der Waals surface area contributed by atoms with E-state index in [0.717, 1.165) is 16.7 Å². The number of fused-ring (bicyclic) bond motifs is 4. The number of rotatable bonds is 2. The normalized spacial score (nSPS) is 12.7. The molecule has 6 rings (SSSR count). The number of benzene rings is 4. The molecule has 0 aliphatic rings. The van der Waals surface area contributed by atoms with Crippen LogP contribution in [0.5, 0.6) is 0 Å². The average molecular weight is 490 g/mol. The van der Waals surface area contributed by atoms with Crippen LogP contribution in [0, 0.1) is 0 Å². The van der Waals surface area contributed by atoms with E-state index in [1.54, 1.807) is 0 Å². The highest BCUT2D eigenvalue weighted by molar-refractivity contribution is 7.26. The quantitative estimate of drug-likeness (QED) is 0.242.